The van der Waals surface area contributed by atoms with Crippen molar-refractivity contribution in [1.82, 2.24) is 52.8 Å². The molecule has 0 saturated heterocycles. The molecule has 30 heteroatoms. The monoisotopic (exact) mass is 1230 g/mol. The minimum absolute atomic E-state index is 0.0133. The van der Waals surface area contributed by atoms with Crippen molar-refractivity contribution in [3.63, 3.8) is 0 Å². The molecule has 0 aliphatic carbocycles. The van der Waals surface area contributed by atoms with Crippen LogP contribution in [-0.2, 0) is 76.8 Å². The number of amides is 9. The summed E-state index contributed by atoms with van der Waals surface area (Å²) < 4.78 is 0. The minimum atomic E-state index is -1.86. The third-order valence-electron chi connectivity index (χ3n) is 13.5. The zero-order valence-electron chi connectivity index (χ0n) is 49.0. The van der Waals surface area contributed by atoms with Gasteiger partial charge < -0.3 is 90.5 Å². The first-order chi connectivity index (χ1) is 41.6. The number of aromatic nitrogens is 1. The average Bonchev–Trinajstić information content (AvgIpc) is 4.08. The molecule has 0 fully saturated rings. The summed E-state index contributed by atoms with van der Waals surface area (Å²) in [5, 5.41) is 61.6. The number of para-hydroxylation sites is 1. The summed E-state index contributed by atoms with van der Waals surface area (Å²) in [7, 11) is 0. The number of aliphatic imine (C=N–C) groups is 1. The van der Waals surface area contributed by atoms with E-state index >= 15 is 0 Å². The maximum absolute atomic E-state index is 14.5. The standard InChI is InChI=1S/C58H78N14O16/c1-30(2)23-41(66-46(74)29-64-51(81)40(20-21-47(75)76)68-52(82)39(67-49(79)31(3)59)15-10-22-62-58(60)61)54(84)70-43(26-35-28-63-38-14-9-8-13-37(35)38)53(83)65-32(4)50(80)69-42(24-33-11-6-5-7-12-33)55(85)71-44(27-48(77)78)56(86)72-45(57(87)88)25-34-16-18-36(73)19-17-34/h5-9,11-14,16-19,28,30-32,39-45,63,73H,10,15,20-27,29,59H2,1-4H3,(H,64,81)(H,65,83)(H,66,74)(H,67,79)(H,68,82)(H,69,80)(H,70,84)(H,71,85)(H,72,86)(H,75,76)(H,77,78)(H,87,88)(H4,60,61,62)/t31-,32-,39-,40-,41-,42-,43-,44-,45-/m0/s1. The minimum Gasteiger partial charge on any atom is -0.508 e. The van der Waals surface area contributed by atoms with E-state index in [0.29, 0.717) is 27.6 Å². The van der Waals surface area contributed by atoms with Crippen molar-refractivity contribution in [2.24, 2.45) is 28.1 Å². The van der Waals surface area contributed by atoms with Gasteiger partial charge in [-0.15, -0.1) is 0 Å². The molecule has 3 aromatic carbocycles. The largest absolute Gasteiger partial charge is 0.508 e. The predicted octanol–water partition coefficient (Wildman–Crippen LogP) is -2.21. The van der Waals surface area contributed by atoms with Gasteiger partial charge >= 0.3 is 17.9 Å². The molecule has 0 aliphatic rings. The van der Waals surface area contributed by atoms with Gasteiger partial charge in [0.2, 0.25) is 53.2 Å². The average molecular weight is 1230 g/mol. The van der Waals surface area contributed by atoms with E-state index in [1.807, 2.05) is 0 Å². The molecule has 30 nitrogen and oxygen atoms in total. The van der Waals surface area contributed by atoms with Crippen LogP contribution in [0, 0.1) is 5.92 Å². The lowest BCUT2D eigenvalue weighted by molar-refractivity contribution is -0.143. The van der Waals surface area contributed by atoms with Gasteiger partial charge in [0.05, 0.1) is 19.0 Å². The van der Waals surface area contributed by atoms with Crippen LogP contribution in [0.5, 0.6) is 5.75 Å². The number of guanidine groups is 1. The molecule has 0 aliphatic heterocycles. The van der Waals surface area contributed by atoms with E-state index in [-0.39, 0.29) is 62.7 Å². The number of carbonyl (C=O) groups excluding carboxylic acids is 9. The van der Waals surface area contributed by atoms with E-state index in [2.05, 4.69) is 57.8 Å². The maximum Gasteiger partial charge on any atom is 0.326 e. The van der Waals surface area contributed by atoms with Crippen LogP contribution >= 0.6 is 0 Å². The number of nitrogens with two attached hydrogens (primary N) is 3. The normalized spacial score (nSPS) is 14.1. The SMILES string of the molecule is CC(C)C[C@H](NC(=O)CNC(=O)[C@H](CCC(=O)O)NC(=O)[C@H](CCCN=C(N)N)NC(=O)[C@H](C)N)C(=O)N[C@@H](Cc1c[nH]c2ccccc12)C(=O)N[C@@H](C)C(=O)N[C@@H](Cc1ccccc1)C(=O)N[C@@H](CC(=O)O)C(=O)N[C@@H](Cc1ccc(O)cc1)C(=O)O. The Kier molecular flexibility index (Phi) is 27.8. The second-order valence-corrected chi connectivity index (χ2v) is 21.3. The number of phenolic OH excluding ortho intramolecular Hbond substituents is 1. The first kappa shape index (κ1) is 70.4. The highest BCUT2D eigenvalue weighted by atomic mass is 16.4. The van der Waals surface area contributed by atoms with Crippen molar-refractivity contribution in [3.05, 3.63) is 102 Å². The van der Waals surface area contributed by atoms with Crippen molar-refractivity contribution in [2.75, 3.05) is 13.1 Å². The van der Waals surface area contributed by atoms with E-state index in [0.717, 1.165) is 0 Å². The lowest BCUT2D eigenvalue weighted by atomic mass is 10.0. The van der Waals surface area contributed by atoms with Crippen LogP contribution in [0.1, 0.15) is 82.9 Å². The maximum atomic E-state index is 14.5. The molecule has 1 heterocycles. The molecule has 0 spiro atoms. The quantitative estimate of drug-likeness (QED) is 0.0130. The Morgan fingerprint density at radius 2 is 1.06 bits per heavy atom. The molecule has 9 atom stereocenters. The number of phenols is 1. The van der Waals surface area contributed by atoms with Crippen molar-refractivity contribution >= 4 is 87.9 Å². The molecule has 1 aromatic heterocycles. The number of nitrogens with zero attached hydrogens (tertiary/aromatic N) is 1. The third kappa shape index (κ3) is 24.1. The molecular weight excluding hydrogens is 1150 g/mol. The number of fused-ring (bicyclic) bond motifs is 1. The number of H-pyrrole nitrogens is 1. The van der Waals surface area contributed by atoms with Crippen LogP contribution in [-0.4, -0.2) is 170 Å². The van der Waals surface area contributed by atoms with Gasteiger partial charge in [-0.1, -0.05) is 74.5 Å². The van der Waals surface area contributed by atoms with Crippen molar-refractivity contribution in [3.8, 4) is 5.75 Å². The number of hydrogen-bond acceptors (Lipinski definition) is 15. The van der Waals surface area contributed by atoms with Gasteiger partial charge in [-0.3, -0.25) is 57.7 Å². The third-order valence-corrected chi connectivity index (χ3v) is 13.5. The van der Waals surface area contributed by atoms with E-state index < -0.39 is 151 Å². The van der Waals surface area contributed by atoms with Crippen LogP contribution in [0.25, 0.3) is 10.9 Å². The zero-order valence-corrected chi connectivity index (χ0v) is 49.0. The van der Waals surface area contributed by atoms with Crippen LogP contribution < -0.4 is 65.1 Å². The molecular formula is C58H78N14O16. The summed E-state index contributed by atoms with van der Waals surface area (Å²) in [6.07, 6.45) is -0.995. The molecule has 20 N–H and O–H groups in total. The summed E-state index contributed by atoms with van der Waals surface area (Å²) in [6.45, 7) is 5.42. The van der Waals surface area contributed by atoms with Crippen LogP contribution in [0.15, 0.2) is 90.1 Å². The highest BCUT2D eigenvalue weighted by Gasteiger charge is 2.35. The fourth-order valence-electron chi connectivity index (χ4n) is 8.86. The van der Waals surface area contributed by atoms with Gasteiger partial charge in [0.1, 0.15) is 54.1 Å². The molecule has 0 unspecified atom stereocenters. The van der Waals surface area contributed by atoms with Crippen molar-refractivity contribution in [2.45, 2.75) is 140 Å². The molecule has 4 aromatic rings. The van der Waals surface area contributed by atoms with E-state index in [1.54, 1.807) is 74.6 Å². The number of aromatic hydroxyl groups is 1. The number of nitrogens with one attached hydrogen (secondary N) is 10. The van der Waals surface area contributed by atoms with Gasteiger partial charge in [-0.05, 0) is 80.3 Å². The van der Waals surface area contributed by atoms with Crippen molar-refractivity contribution < 1.29 is 78.0 Å². The molecule has 476 valence electrons. The number of benzene rings is 3. The fourth-order valence-corrected chi connectivity index (χ4v) is 8.86. The summed E-state index contributed by atoms with van der Waals surface area (Å²) >= 11 is 0. The summed E-state index contributed by atoms with van der Waals surface area (Å²) in [6, 6.07) is 7.58. The lowest BCUT2D eigenvalue weighted by Gasteiger charge is -2.27. The highest BCUT2D eigenvalue weighted by Crippen LogP contribution is 2.20. The van der Waals surface area contributed by atoms with Gasteiger partial charge in [0.25, 0.3) is 0 Å². The van der Waals surface area contributed by atoms with Gasteiger partial charge in [0.15, 0.2) is 5.96 Å². The second-order valence-electron chi connectivity index (χ2n) is 21.3. The molecule has 4 rings (SSSR count). The topological polar surface area (TPSA) is 500 Å². The number of aliphatic carboxylic acids is 3. The highest BCUT2D eigenvalue weighted by molar-refractivity contribution is 5.99. The number of carboxylic acids is 3. The number of rotatable bonds is 36. The fraction of sp³-hybridized carbons (Fsp3) is 0.431. The smallest absolute Gasteiger partial charge is 0.326 e. The van der Waals surface area contributed by atoms with E-state index in [9.17, 15) is 78.0 Å². The van der Waals surface area contributed by atoms with E-state index in [4.69, 9.17) is 17.2 Å². The van der Waals surface area contributed by atoms with Gasteiger partial charge in [-0.2, -0.15) is 0 Å². The predicted molar refractivity (Wildman–Crippen MR) is 318 cm³/mol. The molecule has 9 amide bonds. The van der Waals surface area contributed by atoms with Gasteiger partial charge in [-0.25, -0.2) is 4.79 Å². The first-order valence-corrected chi connectivity index (χ1v) is 28.1. The van der Waals surface area contributed by atoms with Gasteiger partial charge in [0, 0.05) is 49.3 Å². The summed E-state index contributed by atoms with van der Waals surface area (Å²) in [4.78, 5) is 167. The Balaban J connectivity index is 1.54. The number of hydrogen-bond donors (Lipinski definition) is 17. The number of carboxylic acid groups (broad SMARTS) is 3. The lowest BCUT2D eigenvalue weighted by Crippen LogP contribution is -2.60. The Morgan fingerprint density at radius 1 is 0.534 bits per heavy atom. The second kappa shape index (κ2) is 34.7. The number of carbonyl (C=O) groups is 12. The summed E-state index contributed by atoms with van der Waals surface area (Å²) in [5.41, 5.74) is 18.6. The van der Waals surface area contributed by atoms with Crippen LogP contribution in [0.4, 0.5) is 0 Å². The molecule has 0 radical (unpaired) electrons. The van der Waals surface area contributed by atoms with Crippen LogP contribution in [0.3, 0.4) is 0 Å². The Labute approximate surface area is 505 Å². The molecule has 0 bridgehead atoms. The summed E-state index contributed by atoms with van der Waals surface area (Å²) in [5.74, 6) is -13.4. The van der Waals surface area contributed by atoms with E-state index in [1.165, 1.54) is 38.1 Å². The Hall–Kier alpha value is -10.1. The van der Waals surface area contributed by atoms with Crippen LogP contribution in [0.2, 0.25) is 0 Å². The molecule has 88 heavy (non-hydrogen) atoms. The van der Waals surface area contributed by atoms with Crippen molar-refractivity contribution in [1.29, 1.82) is 0 Å². The first-order valence-electron chi connectivity index (χ1n) is 28.1. The zero-order chi connectivity index (χ0) is 65.2. The Morgan fingerprint density at radius 3 is 1.68 bits per heavy atom. The number of aromatic amines is 1. The Bertz CT molecular complexity index is 3130. The molecule has 0 saturated carbocycles.